The van der Waals surface area contributed by atoms with Gasteiger partial charge in [0.25, 0.3) is 0 Å². The molecule has 0 radical (unpaired) electrons. The van der Waals surface area contributed by atoms with Gasteiger partial charge in [-0.05, 0) is 37.1 Å². The van der Waals surface area contributed by atoms with Crippen molar-refractivity contribution >= 4 is 5.69 Å². The van der Waals surface area contributed by atoms with Crippen LogP contribution in [-0.2, 0) is 6.42 Å². The number of halogens is 1. The maximum Gasteiger partial charge on any atom is 0.214 e. The third kappa shape index (κ3) is 3.95. The number of aromatic nitrogens is 1. The van der Waals surface area contributed by atoms with E-state index in [2.05, 4.69) is 17.2 Å². The van der Waals surface area contributed by atoms with Crippen molar-refractivity contribution in [3.63, 3.8) is 0 Å². The largest absolute Gasteiger partial charge is 0.481 e. The number of anilines is 1. The van der Waals surface area contributed by atoms with Crippen LogP contribution in [0.4, 0.5) is 10.1 Å². The molecule has 1 N–H and O–H groups in total. The van der Waals surface area contributed by atoms with Crippen molar-refractivity contribution in [1.82, 2.24) is 4.98 Å². The van der Waals surface area contributed by atoms with Gasteiger partial charge in [-0.15, -0.1) is 0 Å². The topological polar surface area (TPSA) is 34.1 Å². The lowest BCUT2D eigenvalue weighted by atomic mass is 10.1. The minimum absolute atomic E-state index is 0.205. The highest BCUT2D eigenvalue weighted by molar-refractivity contribution is 5.46. The summed E-state index contributed by atoms with van der Waals surface area (Å²) in [6.07, 6.45) is 2.52. The Hall–Kier alpha value is -2.10. The molecule has 19 heavy (non-hydrogen) atoms. The molecule has 4 heteroatoms. The summed E-state index contributed by atoms with van der Waals surface area (Å²) in [6.45, 7) is 2.08. The lowest BCUT2D eigenvalue weighted by Crippen LogP contribution is -2.18. The third-order valence-corrected chi connectivity index (χ3v) is 2.81. The van der Waals surface area contributed by atoms with Crippen LogP contribution in [0.5, 0.6) is 5.88 Å². The fourth-order valence-corrected chi connectivity index (χ4v) is 1.92. The lowest BCUT2D eigenvalue weighted by Gasteiger charge is -2.15. The first-order valence-electron chi connectivity index (χ1n) is 6.18. The zero-order valence-electron chi connectivity index (χ0n) is 11.1. The molecule has 0 bridgehead atoms. The van der Waals surface area contributed by atoms with Gasteiger partial charge >= 0.3 is 0 Å². The molecule has 1 aromatic carbocycles. The molecule has 1 atom stereocenters. The van der Waals surface area contributed by atoms with Crippen molar-refractivity contribution in [2.45, 2.75) is 19.4 Å². The summed E-state index contributed by atoms with van der Waals surface area (Å²) in [5.74, 6) is 0.377. The normalized spacial score (nSPS) is 11.9. The van der Waals surface area contributed by atoms with Gasteiger partial charge in [0.05, 0.1) is 7.11 Å². The Balaban J connectivity index is 1.96. The highest BCUT2D eigenvalue weighted by Crippen LogP contribution is 2.15. The molecular weight excluding hydrogens is 243 g/mol. The van der Waals surface area contributed by atoms with Gasteiger partial charge in [-0.2, -0.15) is 0 Å². The van der Waals surface area contributed by atoms with Crippen LogP contribution in [0.2, 0.25) is 0 Å². The predicted molar refractivity (Wildman–Crippen MR) is 74.0 cm³/mol. The summed E-state index contributed by atoms with van der Waals surface area (Å²) in [6, 6.07) is 10.6. The molecule has 0 fully saturated rings. The van der Waals surface area contributed by atoms with Crippen LogP contribution in [0, 0.1) is 5.82 Å². The summed E-state index contributed by atoms with van der Waals surface area (Å²) in [5, 5.41) is 3.37. The molecule has 1 heterocycles. The van der Waals surface area contributed by atoms with Gasteiger partial charge in [-0.3, -0.25) is 0 Å². The summed E-state index contributed by atoms with van der Waals surface area (Å²) >= 11 is 0. The zero-order chi connectivity index (χ0) is 13.7. The zero-order valence-corrected chi connectivity index (χ0v) is 11.1. The van der Waals surface area contributed by atoms with Gasteiger partial charge in [-0.1, -0.05) is 12.1 Å². The Bertz CT molecular complexity index is 528. The van der Waals surface area contributed by atoms with Crippen molar-refractivity contribution in [1.29, 1.82) is 0 Å². The maximum atomic E-state index is 12.8. The molecule has 0 saturated carbocycles. The van der Waals surface area contributed by atoms with E-state index in [1.807, 2.05) is 12.1 Å². The van der Waals surface area contributed by atoms with Crippen molar-refractivity contribution in [3.8, 4) is 5.88 Å². The van der Waals surface area contributed by atoms with E-state index < -0.39 is 0 Å². The van der Waals surface area contributed by atoms with E-state index >= 15 is 0 Å². The first-order chi connectivity index (χ1) is 9.17. The van der Waals surface area contributed by atoms with Crippen LogP contribution >= 0.6 is 0 Å². The summed E-state index contributed by atoms with van der Waals surface area (Å²) in [7, 11) is 1.59. The second-order valence-corrected chi connectivity index (χ2v) is 4.46. The molecule has 2 rings (SSSR count). The first kappa shape index (κ1) is 13.3. The van der Waals surface area contributed by atoms with Crippen molar-refractivity contribution in [2.75, 3.05) is 12.4 Å². The van der Waals surface area contributed by atoms with Gasteiger partial charge in [0.15, 0.2) is 0 Å². The van der Waals surface area contributed by atoms with Crippen molar-refractivity contribution in [2.24, 2.45) is 0 Å². The SMILES string of the molecule is COc1cc(NC(C)Cc2ccc(F)cc2)ccn1. The Morgan fingerprint density at radius 2 is 2.00 bits per heavy atom. The fraction of sp³-hybridized carbons (Fsp3) is 0.267. The Kier molecular flexibility index (Phi) is 4.34. The number of hydrogen-bond donors (Lipinski definition) is 1. The number of methoxy groups -OCH3 is 1. The van der Waals surface area contributed by atoms with Gasteiger partial charge in [0.2, 0.25) is 5.88 Å². The van der Waals surface area contributed by atoms with Gasteiger partial charge in [0.1, 0.15) is 5.82 Å². The first-order valence-corrected chi connectivity index (χ1v) is 6.18. The van der Waals surface area contributed by atoms with E-state index in [-0.39, 0.29) is 11.9 Å². The average Bonchev–Trinajstić information content (AvgIpc) is 2.41. The molecule has 0 amide bonds. The van der Waals surface area contributed by atoms with Gasteiger partial charge in [-0.25, -0.2) is 9.37 Å². The molecule has 3 nitrogen and oxygen atoms in total. The number of hydrogen-bond acceptors (Lipinski definition) is 3. The molecule has 0 saturated heterocycles. The monoisotopic (exact) mass is 260 g/mol. The summed E-state index contributed by atoms with van der Waals surface area (Å²) in [4.78, 5) is 4.05. The highest BCUT2D eigenvalue weighted by Gasteiger charge is 2.05. The van der Waals surface area contributed by atoms with E-state index in [9.17, 15) is 4.39 Å². The second kappa shape index (κ2) is 6.18. The maximum absolute atomic E-state index is 12.8. The van der Waals surface area contributed by atoms with Crippen molar-refractivity contribution in [3.05, 3.63) is 54.0 Å². The van der Waals surface area contributed by atoms with E-state index in [4.69, 9.17) is 4.74 Å². The van der Waals surface area contributed by atoms with Crippen molar-refractivity contribution < 1.29 is 9.13 Å². The van der Waals surface area contributed by atoms with E-state index in [1.54, 1.807) is 25.4 Å². The molecule has 0 aliphatic carbocycles. The number of nitrogens with one attached hydrogen (secondary N) is 1. The Labute approximate surface area is 112 Å². The number of benzene rings is 1. The van der Waals surface area contributed by atoms with E-state index in [0.717, 1.165) is 17.7 Å². The predicted octanol–water partition coefficient (Wildman–Crippen LogP) is 3.27. The van der Waals surface area contributed by atoms with Gasteiger partial charge in [0, 0.05) is 24.0 Å². The number of ether oxygens (including phenoxy) is 1. The molecule has 0 aliphatic heterocycles. The van der Waals surface area contributed by atoms with Crippen LogP contribution in [0.25, 0.3) is 0 Å². The molecule has 1 unspecified atom stereocenters. The number of nitrogens with zero attached hydrogens (tertiary/aromatic N) is 1. The summed E-state index contributed by atoms with van der Waals surface area (Å²) in [5.41, 5.74) is 2.06. The minimum atomic E-state index is -0.205. The smallest absolute Gasteiger partial charge is 0.214 e. The van der Waals surface area contributed by atoms with Crippen LogP contribution in [0.1, 0.15) is 12.5 Å². The molecule has 100 valence electrons. The third-order valence-electron chi connectivity index (χ3n) is 2.81. The van der Waals surface area contributed by atoms with Crippen LogP contribution in [0.3, 0.4) is 0 Å². The van der Waals surface area contributed by atoms with Crippen LogP contribution < -0.4 is 10.1 Å². The molecule has 2 aromatic rings. The van der Waals surface area contributed by atoms with E-state index in [0.29, 0.717) is 5.88 Å². The molecule has 0 aliphatic rings. The fourth-order valence-electron chi connectivity index (χ4n) is 1.92. The highest BCUT2D eigenvalue weighted by atomic mass is 19.1. The molecular formula is C15H17FN2O. The lowest BCUT2D eigenvalue weighted by molar-refractivity contribution is 0.398. The molecule has 0 spiro atoms. The van der Waals surface area contributed by atoms with Gasteiger partial charge < -0.3 is 10.1 Å². The summed E-state index contributed by atoms with van der Waals surface area (Å²) < 4.78 is 17.9. The van der Waals surface area contributed by atoms with E-state index in [1.165, 1.54) is 12.1 Å². The average molecular weight is 260 g/mol. The minimum Gasteiger partial charge on any atom is -0.481 e. The Morgan fingerprint density at radius 3 is 2.68 bits per heavy atom. The second-order valence-electron chi connectivity index (χ2n) is 4.46. The number of pyridine rings is 1. The molecule has 1 aromatic heterocycles. The van der Waals surface area contributed by atoms with Crippen LogP contribution in [0.15, 0.2) is 42.6 Å². The number of rotatable bonds is 5. The quantitative estimate of drug-likeness (QED) is 0.896. The Morgan fingerprint density at radius 1 is 1.26 bits per heavy atom. The standard InChI is InChI=1S/C15H17FN2O/c1-11(9-12-3-5-13(16)6-4-12)18-14-7-8-17-15(10-14)19-2/h3-8,10-11H,9H2,1-2H3,(H,17,18). The van der Waals surface area contributed by atoms with Crippen LogP contribution in [-0.4, -0.2) is 18.1 Å².